The van der Waals surface area contributed by atoms with Crippen molar-refractivity contribution in [2.75, 3.05) is 0 Å². The Kier molecular flexibility index (Phi) is 7.31. The Morgan fingerprint density at radius 3 is 1.91 bits per heavy atom. The Balaban J connectivity index is 1.90. The molecular formula is C28H30F3NO. The van der Waals surface area contributed by atoms with E-state index in [-0.39, 0.29) is 5.92 Å². The fourth-order valence-electron chi connectivity index (χ4n) is 4.56. The summed E-state index contributed by atoms with van der Waals surface area (Å²) in [6.07, 6.45) is -2.51. The van der Waals surface area contributed by atoms with Gasteiger partial charge < -0.3 is 5.73 Å². The summed E-state index contributed by atoms with van der Waals surface area (Å²) in [7, 11) is 0. The number of rotatable bonds is 7. The van der Waals surface area contributed by atoms with Gasteiger partial charge in [-0.1, -0.05) is 50.2 Å². The van der Waals surface area contributed by atoms with Gasteiger partial charge in [0.05, 0.1) is 5.56 Å². The highest BCUT2D eigenvalue weighted by Crippen LogP contribution is 2.35. The molecule has 0 heterocycles. The SMILES string of the molecule is Cc1cc(CC(CC(C)C)c2ccc(C(N)=O)cc2)cc(C)c1-c1ccc(C(F)(F)F)cc1. The summed E-state index contributed by atoms with van der Waals surface area (Å²) in [6, 6.07) is 17.1. The molecule has 0 aliphatic rings. The summed E-state index contributed by atoms with van der Waals surface area (Å²) in [5.74, 6) is 0.342. The van der Waals surface area contributed by atoms with Crippen molar-refractivity contribution in [1.29, 1.82) is 0 Å². The first-order chi connectivity index (χ1) is 15.5. The molecule has 0 fully saturated rings. The maximum atomic E-state index is 12.9. The lowest BCUT2D eigenvalue weighted by molar-refractivity contribution is -0.137. The summed E-state index contributed by atoms with van der Waals surface area (Å²) in [5, 5.41) is 0. The zero-order valence-electron chi connectivity index (χ0n) is 19.5. The van der Waals surface area contributed by atoms with E-state index >= 15 is 0 Å². The first-order valence-electron chi connectivity index (χ1n) is 11.1. The molecule has 5 heteroatoms. The monoisotopic (exact) mass is 453 g/mol. The highest BCUT2D eigenvalue weighted by molar-refractivity contribution is 5.92. The molecular weight excluding hydrogens is 423 g/mol. The van der Waals surface area contributed by atoms with Crippen molar-refractivity contribution in [2.24, 2.45) is 11.7 Å². The third kappa shape index (κ3) is 6.04. The molecule has 1 amide bonds. The number of alkyl halides is 3. The van der Waals surface area contributed by atoms with E-state index in [0.717, 1.165) is 52.8 Å². The van der Waals surface area contributed by atoms with Gasteiger partial charge in [-0.15, -0.1) is 0 Å². The van der Waals surface area contributed by atoms with Crippen molar-refractivity contribution in [3.8, 4) is 11.1 Å². The molecule has 0 bridgehead atoms. The number of hydrogen-bond acceptors (Lipinski definition) is 1. The summed E-state index contributed by atoms with van der Waals surface area (Å²) >= 11 is 0. The van der Waals surface area contributed by atoms with Gasteiger partial charge in [0.15, 0.2) is 0 Å². The molecule has 1 unspecified atom stereocenters. The molecule has 3 aromatic rings. The van der Waals surface area contributed by atoms with E-state index in [1.165, 1.54) is 5.56 Å². The third-order valence-electron chi connectivity index (χ3n) is 6.00. The smallest absolute Gasteiger partial charge is 0.366 e. The van der Waals surface area contributed by atoms with Crippen LogP contribution in [0.4, 0.5) is 13.2 Å². The minimum Gasteiger partial charge on any atom is -0.366 e. The second-order valence-electron chi connectivity index (χ2n) is 9.20. The lowest BCUT2D eigenvalue weighted by Crippen LogP contribution is -2.12. The normalized spacial score (nSPS) is 12.7. The Morgan fingerprint density at radius 2 is 1.45 bits per heavy atom. The minimum absolute atomic E-state index is 0.280. The van der Waals surface area contributed by atoms with Crippen molar-refractivity contribution >= 4 is 5.91 Å². The average molecular weight is 454 g/mol. The van der Waals surface area contributed by atoms with Gasteiger partial charge in [0.25, 0.3) is 0 Å². The molecule has 0 aliphatic heterocycles. The zero-order valence-corrected chi connectivity index (χ0v) is 19.5. The molecule has 2 N–H and O–H groups in total. The third-order valence-corrected chi connectivity index (χ3v) is 6.00. The molecule has 33 heavy (non-hydrogen) atoms. The van der Waals surface area contributed by atoms with Crippen molar-refractivity contribution in [3.05, 3.63) is 94.0 Å². The standard InChI is InChI=1S/C28H30F3NO/c1-17(2)13-24(21-5-7-23(8-6-21)27(32)33)16-20-14-18(3)26(19(4)15-20)22-9-11-25(12-10-22)28(29,30)31/h5-12,14-15,17,24H,13,16H2,1-4H3,(H2,32,33). The van der Waals surface area contributed by atoms with Crippen molar-refractivity contribution in [2.45, 2.75) is 52.6 Å². The van der Waals surface area contributed by atoms with Crippen molar-refractivity contribution in [3.63, 3.8) is 0 Å². The number of aryl methyl sites for hydroxylation is 2. The number of benzene rings is 3. The molecule has 0 aliphatic carbocycles. The van der Waals surface area contributed by atoms with E-state index in [0.29, 0.717) is 11.5 Å². The number of amides is 1. The molecule has 0 radical (unpaired) electrons. The maximum absolute atomic E-state index is 12.9. The van der Waals surface area contributed by atoms with E-state index in [1.54, 1.807) is 24.3 Å². The molecule has 174 valence electrons. The summed E-state index contributed by atoms with van der Waals surface area (Å²) in [4.78, 5) is 11.4. The number of hydrogen-bond donors (Lipinski definition) is 1. The molecule has 2 nitrogen and oxygen atoms in total. The van der Waals surface area contributed by atoms with Crippen molar-refractivity contribution < 1.29 is 18.0 Å². The van der Waals surface area contributed by atoms with Crippen LogP contribution in [0.1, 0.15) is 64.4 Å². The van der Waals surface area contributed by atoms with Gasteiger partial charge in [0.2, 0.25) is 5.91 Å². The summed E-state index contributed by atoms with van der Waals surface area (Å²) in [6.45, 7) is 8.38. The van der Waals surface area contributed by atoms with Gasteiger partial charge in [-0.25, -0.2) is 0 Å². The highest BCUT2D eigenvalue weighted by atomic mass is 19.4. The molecule has 0 aromatic heterocycles. The lowest BCUT2D eigenvalue weighted by atomic mass is 9.83. The molecule has 0 spiro atoms. The molecule has 0 saturated heterocycles. The van der Waals surface area contributed by atoms with Gasteiger partial charge in [0.1, 0.15) is 0 Å². The predicted molar refractivity (Wildman–Crippen MR) is 127 cm³/mol. The average Bonchev–Trinajstić information content (AvgIpc) is 2.72. The van der Waals surface area contributed by atoms with Crippen molar-refractivity contribution in [1.82, 2.24) is 0 Å². The number of primary amides is 1. The van der Waals surface area contributed by atoms with E-state index in [4.69, 9.17) is 5.73 Å². The summed E-state index contributed by atoms with van der Waals surface area (Å²) < 4.78 is 38.8. The zero-order chi connectivity index (χ0) is 24.3. The van der Waals surface area contributed by atoms with Crippen LogP contribution < -0.4 is 5.73 Å². The van der Waals surface area contributed by atoms with Gasteiger partial charge in [-0.2, -0.15) is 13.2 Å². The molecule has 1 atom stereocenters. The van der Waals surface area contributed by atoms with Gasteiger partial charge in [-0.05, 0) is 96.2 Å². The number of carbonyl (C=O) groups excluding carboxylic acids is 1. The molecule has 3 aromatic carbocycles. The number of carbonyl (C=O) groups is 1. The fraction of sp³-hybridized carbons (Fsp3) is 0.321. The quantitative estimate of drug-likeness (QED) is 0.396. The van der Waals surface area contributed by atoms with Gasteiger partial charge in [-0.3, -0.25) is 4.79 Å². The first kappa shape index (κ1) is 24.6. The molecule has 0 saturated carbocycles. The number of halogens is 3. The second-order valence-corrected chi connectivity index (χ2v) is 9.20. The number of nitrogens with two attached hydrogens (primary N) is 1. The van der Waals surface area contributed by atoms with Crippen LogP contribution in [0.15, 0.2) is 60.7 Å². The highest BCUT2D eigenvalue weighted by Gasteiger charge is 2.30. The summed E-state index contributed by atoms with van der Waals surface area (Å²) in [5.41, 5.74) is 11.4. The second kappa shape index (κ2) is 9.82. The van der Waals surface area contributed by atoms with Crippen LogP contribution in [0.5, 0.6) is 0 Å². The fourth-order valence-corrected chi connectivity index (χ4v) is 4.56. The lowest BCUT2D eigenvalue weighted by Gasteiger charge is -2.21. The molecule has 3 rings (SSSR count). The van der Waals surface area contributed by atoms with Crippen LogP contribution in [-0.4, -0.2) is 5.91 Å². The maximum Gasteiger partial charge on any atom is 0.416 e. The van der Waals surface area contributed by atoms with E-state index < -0.39 is 17.6 Å². The van der Waals surface area contributed by atoms with E-state index in [9.17, 15) is 18.0 Å². The van der Waals surface area contributed by atoms with E-state index in [2.05, 4.69) is 26.0 Å². The topological polar surface area (TPSA) is 43.1 Å². The van der Waals surface area contributed by atoms with Crippen LogP contribution in [0.3, 0.4) is 0 Å². The Morgan fingerprint density at radius 1 is 0.909 bits per heavy atom. The predicted octanol–water partition coefficient (Wildman–Crippen LogP) is 7.46. The van der Waals surface area contributed by atoms with E-state index in [1.807, 2.05) is 26.0 Å². The van der Waals surface area contributed by atoms with Crippen LogP contribution in [-0.2, 0) is 12.6 Å². The van der Waals surface area contributed by atoms with Gasteiger partial charge >= 0.3 is 6.18 Å². The Labute approximate surface area is 193 Å². The van der Waals surface area contributed by atoms with Crippen LogP contribution in [0, 0.1) is 19.8 Å². The van der Waals surface area contributed by atoms with Gasteiger partial charge in [0, 0.05) is 5.56 Å². The Hall–Kier alpha value is -3.08. The Bertz CT molecular complexity index is 1090. The largest absolute Gasteiger partial charge is 0.416 e. The first-order valence-corrected chi connectivity index (χ1v) is 11.1. The van der Waals surface area contributed by atoms with Crippen LogP contribution >= 0.6 is 0 Å². The minimum atomic E-state index is -4.34. The van der Waals surface area contributed by atoms with Crippen LogP contribution in [0.25, 0.3) is 11.1 Å². The van der Waals surface area contributed by atoms with Crippen LogP contribution in [0.2, 0.25) is 0 Å².